The lowest BCUT2D eigenvalue weighted by molar-refractivity contribution is 0.247. The molecule has 0 saturated carbocycles. The van der Waals surface area contributed by atoms with Gasteiger partial charge in [-0.2, -0.15) is 0 Å². The lowest BCUT2D eigenvalue weighted by Gasteiger charge is -2.11. The molecule has 0 saturated heterocycles. The van der Waals surface area contributed by atoms with Crippen LogP contribution in [-0.4, -0.2) is 19.2 Å². The fraction of sp³-hybridized carbons (Fsp3) is 0.278. The number of nitrogens with one attached hydrogen (secondary N) is 2. The van der Waals surface area contributed by atoms with Gasteiger partial charge in [0.05, 0.1) is 6.54 Å². The van der Waals surface area contributed by atoms with Crippen molar-refractivity contribution in [1.29, 1.82) is 0 Å². The smallest absolute Gasteiger partial charge is 0.319 e. The van der Waals surface area contributed by atoms with Crippen LogP contribution in [0.15, 0.2) is 42.5 Å². The maximum absolute atomic E-state index is 11.9. The predicted octanol–water partition coefficient (Wildman–Crippen LogP) is 3.81. The zero-order valence-corrected chi connectivity index (χ0v) is 13.3. The molecule has 0 atom stereocenters. The highest BCUT2D eigenvalue weighted by atomic mass is 16.5. The Balaban J connectivity index is 1.75. The van der Waals surface area contributed by atoms with Crippen LogP contribution in [0.4, 0.5) is 10.5 Å². The van der Waals surface area contributed by atoms with Crippen molar-refractivity contribution in [3.05, 3.63) is 59.2 Å². The van der Waals surface area contributed by atoms with Crippen LogP contribution in [0.2, 0.25) is 0 Å². The molecule has 2 aromatic rings. The molecule has 22 heavy (non-hydrogen) atoms. The Morgan fingerprint density at radius 2 is 1.82 bits per heavy atom. The lowest BCUT2D eigenvalue weighted by Crippen LogP contribution is -2.32. The lowest BCUT2D eigenvalue weighted by atomic mass is 10.1. The number of aryl methyl sites for hydroxylation is 3. The van der Waals surface area contributed by atoms with Gasteiger partial charge in [-0.15, -0.1) is 0 Å². The van der Waals surface area contributed by atoms with Crippen molar-refractivity contribution in [2.75, 3.05) is 18.5 Å². The van der Waals surface area contributed by atoms with E-state index in [9.17, 15) is 4.79 Å². The van der Waals surface area contributed by atoms with Crippen molar-refractivity contribution in [1.82, 2.24) is 5.32 Å². The van der Waals surface area contributed by atoms with Gasteiger partial charge in [-0.3, -0.25) is 0 Å². The Hall–Kier alpha value is -2.49. The van der Waals surface area contributed by atoms with Gasteiger partial charge in [0.2, 0.25) is 0 Å². The monoisotopic (exact) mass is 298 g/mol. The van der Waals surface area contributed by atoms with Crippen LogP contribution in [0.1, 0.15) is 16.7 Å². The van der Waals surface area contributed by atoms with Crippen LogP contribution in [0, 0.1) is 20.8 Å². The van der Waals surface area contributed by atoms with E-state index in [1.165, 1.54) is 0 Å². The third kappa shape index (κ3) is 4.81. The molecule has 2 aromatic carbocycles. The van der Waals surface area contributed by atoms with E-state index >= 15 is 0 Å². The fourth-order valence-electron chi connectivity index (χ4n) is 2.08. The van der Waals surface area contributed by atoms with Crippen LogP contribution < -0.4 is 15.4 Å². The van der Waals surface area contributed by atoms with Gasteiger partial charge < -0.3 is 15.4 Å². The highest BCUT2D eigenvalue weighted by Gasteiger charge is 2.04. The molecular weight excluding hydrogens is 276 g/mol. The molecule has 116 valence electrons. The Morgan fingerprint density at radius 3 is 2.59 bits per heavy atom. The first-order chi connectivity index (χ1) is 10.5. The molecule has 0 radical (unpaired) electrons. The van der Waals surface area contributed by atoms with Gasteiger partial charge in [-0.05, 0) is 55.7 Å². The molecule has 0 aliphatic heterocycles. The molecule has 0 bridgehead atoms. The maximum Gasteiger partial charge on any atom is 0.319 e. The summed E-state index contributed by atoms with van der Waals surface area (Å²) in [6, 6.07) is 13.6. The van der Waals surface area contributed by atoms with Crippen molar-refractivity contribution in [2.24, 2.45) is 0 Å². The van der Waals surface area contributed by atoms with Gasteiger partial charge in [-0.25, -0.2) is 4.79 Å². The molecule has 2 amide bonds. The molecule has 2 N–H and O–H groups in total. The van der Waals surface area contributed by atoms with Gasteiger partial charge in [0.25, 0.3) is 0 Å². The highest BCUT2D eigenvalue weighted by molar-refractivity contribution is 5.90. The zero-order chi connectivity index (χ0) is 15.9. The summed E-state index contributed by atoms with van der Waals surface area (Å²) in [5.41, 5.74) is 4.13. The average Bonchev–Trinajstić information content (AvgIpc) is 2.48. The van der Waals surface area contributed by atoms with E-state index < -0.39 is 0 Å². The van der Waals surface area contributed by atoms with E-state index in [1.54, 1.807) is 0 Å². The normalized spacial score (nSPS) is 10.1. The number of carbonyl (C=O) groups is 1. The van der Waals surface area contributed by atoms with E-state index in [0.29, 0.717) is 13.2 Å². The number of hydrogen-bond donors (Lipinski definition) is 2. The van der Waals surface area contributed by atoms with E-state index in [0.717, 1.165) is 28.1 Å². The maximum atomic E-state index is 11.9. The number of amides is 2. The number of benzene rings is 2. The quantitative estimate of drug-likeness (QED) is 0.825. The Morgan fingerprint density at radius 1 is 1.05 bits per heavy atom. The molecule has 0 heterocycles. The number of ether oxygens (including phenoxy) is 1. The minimum absolute atomic E-state index is 0.221. The molecule has 0 spiro atoms. The zero-order valence-electron chi connectivity index (χ0n) is 13.3. The second-order valence-corrected chi connectivity index (χ2v) is 5.36. The van der Waals surface area contributed by atoms with Crippen molar-refractivity contribution >= 4 is 11.7 Å². The van der Waals surface area contributed by atoms with Gasteiger partial charge in [0, 0.05) is 5.69 Å². The van der Waals surface area contributed by atoms with Crippen molar-refractivity contribution in [3.63, 3.8) is 0 Å². The summed E-state index contributed by atoms with van der Waals surface area (Å²) in [6.45, 7) is 6.87. The topological polar surface area (TPSA) is 50.4 Å². The van der Waals surface area contributed by atoms with Crippen LogP contribution in [0.5, 0.6) is 5.75 Å². The molecule has 0 aliphatic carbocycles. The van der Waals surface area contributed by atoms with Crippen molar-refractivity contribution in [2.45, 2.75) is 20.8 Å². The number of anilines is 1. The van der Waals surface area contributed by atoms with Crippen LogP contribution in [0.3, 0.4) is 0 Å². The summed E-state index contributed by atoms with van der Waals surface area (Å²) in [5.74, 6) is 0.816. The third-order valence-electron chi connectivity index (χ3n) is 3.29. The number of rotatable bonds is 5. The van der Waals surface area contributed by atoms with Crippen LogP contribution in [0.25, 0.3) is 0 Å². The summed E-state index contributed by atoms with van der Waals surface area (Å²) in [5, 5.41) is 5.64. The summed E-state index contributed by atoms with van der Waals surface area (Å²) < 4.78 is 5.59. The first kappa shape index (κ1) is 15.9. The van der Waals surface area contributed by atoms with Gasteiger partial charge in [0.1, 0.15) is 12.4 Å². The average molecular weight is 298 g/mol. The molecule has 0 unspecified atom stereocenters. The largest absolute Gasteiger partial charge is 0.492 e. The minimum Gasteiger partial charge on any atom is -0.492 e. The third-order valence-corrected chi connectivity index (χ3v) is 3.29. The number of carbonyl (C=O) groups excluding carboxylic acids is 1. The van der Waals surface area contributed by atoms with Gasteiger partial charge in [-0.1, -0.05) is 24.3 Å². The number of urea groups is 1. The van der Waals surface area contributed by atoms with Crippen LogP contribution >= 0.6 is 0 Å². The number of hydrogen-bond acceptors (Lipinski definition) is 2. The summed E-state index contributed by atoms with van der Waals surface area (Å²) >= 11 is 0. The predicted molar refractivity (Wildman–Crippen MR) is 89.6 cm³/mol. The second kappa shape index (κ2) is 7.50. The molecule has 0 aromatic heterocycles. The fourth-order valence-corrected chi connectivity index (χ4v) is 2.08. The minimum atomic E-state index is -0.221. The van der Waals surface area contributed by atoms with E-state index in [4.69, 9.17) is 4.74 Å². The Kier molecular flexibility index (Phi) is 5.42. The van der Waals surface area contributed by atoms with Crippen molar-refractivity contribution < 1.29 is 9.53 Å². The molecule has 2 rings (SSSR count). The standard InChI is InChI=1S/C18H22N2O2/c1-13-5-4-6-16(11-13)22-10-9-19-18(21)20-17-12-14(2)7-8-15(17)3/h4-8,11-12H,9-10H2,1-3H3,(H2,19,20,21). The first-order valence-electron chi connectivity index (χ1n) is 7.36. The Bertz CT molecular complexity index is 653. The van der Waals surface area contributed by atoms with Crippen molar-refractivity contribution in [3.8, 4) is 5.75 Å². The molecule has 4 nitrogen and oxygen atoms in total. The molecule has 0 fully saturated rings. The van der Waals surface area contributed by atoms with Gasteiger partial charge >= 0.3 is 6.03 Å². The highest BCUT2D eigenvalue weighted by Crippen LogP contribution is 2.16. The van der Waals surface area contributed by atoms with E-state index in [-0.39, 0.29) is 6.03 Å². The Labute approximate surface area is 131 Å². The van der Waals surface area contributed by atoms with E-state index in [2.05, 4.69) is 10.6 Å². The van der Waals surface area contributed by atoms with Crippen LogP contribution in [-0.2, 0) is 0 Å². The molecular formula is C18H22N2O2. The second-order valence-electron chi connectivity index (χ2n) is 5.36. The summed E-state index contributed by atoms with van der Waals surface area (Å²) in [7, 11) is 0. The molecule has 0 aliphatic rings. The first-order valence-corrected chi connectivity index (χ1v) is 7.36. The SMILES string of the molecule is Cc1cccc(OCCNC(=O)Nc2cc(C)ccc2C)c1. The molecule has 4 heteroatoms. The summed E-state index contributed by atoms with van der Waals surface area (Å²) in [4.78, 5) is 11.9. The summed E-state index contributed by atoms with van der Waals surface area (Å²) in [6.07, 6.45) is 0. The van der Waals surface area contributed by atoms with E-state index in [1.807, 2.05) is 63.2 Å². The van der Waals surface area contributed by atoms with Gasteiger partial charge in [0.15, 0.2) is 0 Å².